The lowest BCUT2D eigenvalue weighted by atomic mass is 10.3. The molecule has 0 saturated carbocycles. The van der Waals surface area contributed by atoms with Crippen molar-refractivity contribution in [3.8, 4) is 0 Å². The van der Waals surface area contributed by atoms with Crippen LogP contribution in [0, 0.1) is 0 Å². The minimum Gasteiger partial charge on any atom is -0.305 e. The van der Waals surface area contributed by atoms with Gasteiger partial charge < -0.3 is 4.90 Å². The zero-order valence-electron chi connectivity index (χ0n) is 9.25. The highest BCUT2D eigenvalue weighted by Gasteiger charge is 2.13. The van der Waals surface area contributed by atoms with Crippen molar-refractivity contribution >= 4 is 5.91 Å². The van der Waals surface area contributed by atoms with Gasteiger partial charge in [0.2, 0.25) is 5.91 Å². The standard InChI is InChI=1S/C10H21N3O/c1-3-5-10(14)11-13-7-4-6-12(2)8-9-13/h3-9H2,1-2H3,(H,11,14). The van der Waals surface area contributed by atoms with Crippen LogP contribution in [-0.4, -0.2) is 49.0 Å². The second kappa shape index (κ2) is 5.98. The SMILES string of the molecule is CCCC(=O)NN1CCCN(C)CC1. The van der Waals surface area contributed by atoms with Crippen LogP contribution < -0.4 is 5.43 Å². The van der Waals surface area contributed by atoms with Crippen LogP contribution in [0.4, 0.5) is 0 Å². The van der Waals surface area contributed by atoms with Gasteiger partial charge in [-0.15, -0.1) is 0 Å². The van der Waals surface area contributed by atoms with E-state index >= 15 is 0 Å². The van der Waals surface area contributed by atoms with Gasteiger partial charge in [-0.05, 0) is 26.4 Å². The van der Waals surface area contributed by atoms with Gasteiger partial charge in [0.15, 0.2) is 0 Å². The number of nitrogens with one attached hydrogen (secondary N) is 1. The Hall–Kier alpha value is -0.610. The molecule has 4 heteroatoms. The number of hydrogen-bond donors (Lipinski definition) is 1. The van der Waals surface area contributed by atoms with Crippen LogP contribution in [-0.2, 0) is 4.79 Å². The van der Waals surface area contributed by atoms with E-state index < -0.39 is 0 Å². The molecule has 0 aromatic heterocycles. The number of nitrogens with zero attached hydrogens (tertiary/aromatic N) is 2. The average molecular weight is 199 g/mol. The van der Waals surface area contributed by atoms with Crippen molar-refractivity contribution in [2.45, 2.75) is 26.2 Å². The van der Waals surface area contributed by atoms with Crippen LogP contribution in [0.25, 0.3) is 0 Å². The van der Waals surface area contributed by atoms with E-state index in [2.05, 4.69) is 17.4 Å². The van der Waals surface area contributed by atoms with Crippen LogP contribution in [0.1, 0.15) is 26.2 Å². The largest absolute Gasteiger partial charge is 0.305 e. The molecule has 0 spiro atoms. The average Bonchev–Trinajstić information content (AvgIpc) is 2.32. The summed E-state index contributed by atoms with van der Waals surface area (Å²) in [6.45, 7) is 6.09. The molecule has 1 amide bonds. The molecule has 0 aromatic carbocycles. The Morgan fingerprint density at radius 2 is 2.07 bits per heavy atom. The lowest BCUT2D eigenvalue weighted by molar-refractivity contribution is -0.125. The Bertz CT molecular complexity index is 184. The first kappa shape index (κ1) is 11.5. The van der Waals surface area contributed by atoms with Crippen molar-refractivity contribution in [2.24, 2.45) is 0 Å². The van der Waals surface area contributed by atoms with Gasteiger partial charge >= 0.3 is 0 Å². The van der Waals surface area contributed by atoms with Gasteiger partial charge in [0.1, 0.15) is 0 Å². The number of hydrogen-bond acceptors (Lipinski definition) is 3. The molecule has 0 unspecified atom stereocenters. The normalized spacial score (nSPS) is 20.4. The highest BCUT2D eigenvalue weighted by molar-refractivity contribution is 5.75. The summed E-state index contributed by atoms with van der Waals surface area (Å²) in [7, 11) is 2.12. The van der Waals surface area contributed by atoms with E-state index in [0.717, 1.165) is 39.0 Å². The second-order valence-electron chi connectivity index (χ2n) is 3.93. The summed E-state index contributed by atoms with van der Waals surface area (Å²) < 4.78 is 0. The summed E-state index contributed by atoms with van der Waals surface area (Å²) in [5.74, 6) is 0.150. The smallest absolute Gasteiger partial charge is 0.234 e. The molecule has 82 valence electrons. The van der Waals surface area contributed by atoms with E-state index in [4.69, 9.17) is 0 Å². The fourth-order valence-electron chi connectivity index (χ4n) is 1.62. The molecule has 0 aliphatic carbocycles. The third kappa shape index (κ3) is 4.07. The minimum atomic E-state index is 0.150. The molecule has 1 aliphatic heterocycles. The van der Waals surface area contributed by atoms with E-state index in [-0.39, 0.29) is 5.91 Å². The van der Waals surface area contributed by atoms with E-state index in [0.29, 0.717) is 6.42 Å². The molecule has 1 fully saturated rings. The number of likely N-dealkylation sites (N-methyl/N-ethyl adjacent to an activating group) is 1. The summed E-state index contributed by atoms with van der Waals surface area (Å²) in [5, 5.41) is 2.04. The fourth-order valence-corrected chi connectivity index (χ4v) is 1.62. The van der Waals surface area contributed by atoms with Crippen molar-refractivity contribution in [1.82, 2.24) is 15.3 Å². The summed E-state index contributed by atoms with van der Waals surface area (Å²) in [5.41, 5.74) is 2.95. The van der Waals surface area contributed by atoms with Gasteiger partial charge in [-0.3, -0.25) is 10.2 Å². The molecule has 0 bridgehead atoms. The van der Waals surface area contributed by atoms with Crippen LogP contribution >= 0.6 is 0 Å². The first-order valence-corrected chi connectivity index (χ1v) is 5.45. The van der Waals surface area contributed by atoms with Crippen molar-refractivity contribution in [2.75, 3.05) is 33.2 Å². The molecule has 1 rings (SSSR count). The summed E-state index contributed by atoms with van der Waals surface area (Å²) >= 11 is 0. The first-order chi connectivity index (χ1) is 6.72. The molecule has 1 aliphatic rings. The fraction of sp³-hybridized carbons (Fsp3) is 0.900. The second-order valence-corrected chi connectivity index (χ2v) is 3.93. The monoisotopic (exact) mass is 199 g/mol. The van der Waals surface area contributed by atoms with Gasteiger partial charge in [0.25, 0.3) is 0 Å². The summed E-state index contributed by atoms with van der Waals surface area (Å²) in [6, 6.07) is 0. The topological polar surface area (TPSA) is 35.6 Å². The number of hydrazine groups is 1. The highest BCUT2D eigenvalue weighted by atomic mass is 16.2. The molecule has 14 heavy (non-hydrogen) atoms. The van der Waals surface area contributed by atoms with Crippen molar-refractivity contribution in [1.29, 1.82) is 0 Å². The number of carbonyl (C=O) groups is 1. The van der Waals surface area contributed by atoms with E-state index in [9.17, 15) is 4.79 Å². The Morgan fingerprint density at radius 3 is 2.79 bits per heavy atom. The molecule has 0 atom stereocenters. The molecule has 4 nitrogen and oxygen atoms in total. The zero-order valence-corrected chi connectivity index (χ0v) is 9.25. The Kier molecular flexibility index (Phi) is 4.90. The molecule has 1 heterocycles. The number of rotatable bonds is 3. The highest BCUT2D eigenvalue weighted by Crippen LogP contribution is 1.98. The maximum Gasteiger partial charge on any atom is 0.234 e. The predicted octanol–water partition coefficient (Wildman–Crippen LogP) is 0.455. The maximum atomic E-state index is 11.3. The van der Waals surface area contributed by atoms with Gasteiger partial charge in [-0.2, -0.15) is 0 Å². The Labute approximate surface area is 86.2 Å². The molecular formula is C10H21N3O. The van der Waals surface area contributed by atoms with Gasteiger partial charge in [-0.25, -0.2) is 5.01 Å². The van der Waals surface area contributed by atoms with Gasteiger partial charge in [0.05, 0.1) is 0 Å². The van der Waals surface area contributed by atoms with Crippen LogP contribution in [0.15, 0.2) is 0 Å². The van der Waals surface area contributed by atoms with E-state index in [1.54, 1.807) is 0 Å². The number of carbonyl (C=O) groups excluding carboxylic acids is 1. The maximum absolute atomic E-state index is 11.3. The minimum absolute atomic E-state index is 0.150. The summed E-state index contributed by atoms with van der Waals surface area (Å²) in [4.78, 5) is 13.6. The molecular weight excluding hydrogens is 178 g/mol. The van der Waals surface area contributed by atoms with Gasteiger partial charge in [-0.1, -0.05) is 6.92 Å². The Morgan fingerprint density at radius 1 is 1.29 bits per heavy atom. The lowest BCUT2D eigenvalue weighted by Gasteiger charge is -2.20. The van der Waals surface area contributed by atoms with Crippen LogP contribution in [0.3, 0.4) is 0 Å². The van der Waals surface area contributed by atoms with E-state index in [1.807, 2.05) is 11.9 Å². The Balaban J connectivity index is 2.26. The number of amides is 1. The third-order valence-corrected chi connectivity index (χ3v) is 2.48. The summed E-state index contributed by atoms with van der Waals surface area (Å²) in [6.07, 6.45) is 2.68. The van der Waals surface area contributed by atoms with Crippen molar-refractivity contribution in [3.05, 3.63) is 0 Å². The molecule has 0 aromatic rings. The van der Waals surface area contributed by atoms with Crippen molar-refractivity contribution < 1.29 is 4.79 Å². The third-order valence-electron chi connectivity index (χ3n) is 2.48. The molecule has 1 saturated heterocycles. The van der Waals surface area contributed by atoms with Crippen LogP contribution in [0.2, 0.25) is 0 Å². The lowest BCUT2D eigenvalue weighted by Crippen LogP contribution is -2.43. The zero-order chi connectivity index (χ0) is 10.4. The molecule has 1 N–H and O–H groups in total. The first-order valence-electron chi connectivity index (χ1n) is 5.45. The van der Waals surface area contributed by atoms with E-state index in [1.165, 1.54) is 0 Å². The van der Waals surface area contributed by atoms with Crippen LogP contribution in [0.5, 0.6) is 0 Å². The van der Waals surface area contributed by atoms with Crippen molar-refractivity contribution in [3.63, 3.8) is 0 Å². The predicted molar refractivity (Wildman–Crippen MR) is 56.7 cm³/mol. The quantitative estimate of drug-likeness (QED) is 0.717. The molecule has 0 radical (unpaired) electrons. The van der Waals surface area contributed by atoms with Gasteiger partial charge in [0, 0.05) is 26.1 Å².